The van der Waals surface area contributed by atoms with Crippen LogP contribution in [0, 0.1) is 0 Å². The Bertz CT molecular complexity index is 1870. The van der Waals surface area contributed by atoms with Crippen molar-refractivity contribution in [3.8, 4) is 0 Å². The summed E-state index contributed by atoms with van der Waals surface area (Å²) in [4.78, 5) is 56.1. The number of rotatable bonds is 6. The van der Waals surface area contributed by atoms with Crippen molar-refractivity contribution in [1.29, 1.82) is 0 Å². The Morgan fingerprint density at radius 3 is 2.48 bits per heavy atom. The average Bonchev–Trinajstić information content (AvgIpc) is 3.71. The highest BCUT2D eigenvalue weighted by atomic mass is 19.4. The molecule has 1 aromatic heterocycles. The van der Waals surface area contributed by atoms with Gasteiger partial charge in [-0.2, -0.15) is 28.2 Å². The number of carboxylic acid groups (broad SMARTS) is 1. The van der Waals surface area contributed by atoms with Gasteiger partial charge in [-0.1, -0.05) is 68.0 Å². The van der Waals surface area contributed by atoms with E-state index in [0.717, 1.165) is 17.7 Å². The van der Waals surface area contributed by atoms with Gasteiger partial charge >= 0.3 is 18.2 Å². The Balaban J connectivity index is 1.55. The van der Waals surface area contributed by atoms with Gasteiger partial charge in [-0.25, -0.2) is 9.59 Å². The van der Waals surface area contributed by atoms with Gasteiger partial charge in [-0.05, 0) is 64.2 Å². The third kappa shape index (κ3) is 8.80. The number of nitrogens with zero attached hydrogens (tertiary/aromatic N) is 4. The Kier molecular flexibility index (Phi) is 11.1. The lowest BCUT2D eigenvalue weighted by Crippen LogP contribution is -2.59. The Morgan fingerprint density at radius 2 is 1.83 bits per heavy atom. The standard InChI is InChI=1S/C37H43F3N6O6/c1-5-36(33(49)50)18-12-7-6-11-15-27(41-34(51)52-35(2,3)4)32(48)45-22-26(21-29(45)31(47)42-36)46-43-28-20-25(37(38,39)40)19-24(30(28)44-46)17-16-23-13-9-8-10-14-23/h8-10,12-14,16-20,26-27,29H,5-7,11,15,21-22H2,1-4H3,(H,41,51)(H,42,47)(H,49,50)/b17-16+,18-12-/t26-,27+,29+,36-/m1/s1. The summed E-state index contributed by atoms with van der Waals surface area (Å²) in [7, 11) is 0. The Hall–Kier alpha value is -5.21. The third-order valence-corrected chi connectivity index (χ3v) is 9.10. The van der Waals surface area contributed by atoms with Gasteiger partial charge in [0.15, 0.2) is 5.54 Å². The van der Waals surface area contributed by atoms with Crippen LogP contribution in [-0.2, 0) is 25.3 Å². The Labute approximate surface area is 299 Å². The molecule has 2 aliphatic rings. The van der Waals surface area contributed by atoms with Gasteiger partial charge in [-0.15, -0.1) is 0 Å². The molecule has 3 heterocycles. The highest BCUT2D eigenvalue weighted by Crippen LogP contribution is 2.35. The summed E-state index contributed by atoms with van der Waals surface area (Å²) in [6, 6.07) is 7.80. The number of alkyl halides is 3. The number of halogens is 3. The number of allylic oxidation sites excluding steroid dienone is 1. The van der Waals surface area contributed by atoms with Gasteiger partial charge in [-0.3, -0.25) is 9.59 Å². The fourth-order valence-electron chi connectivity index (χ4n) is 6.37. The maximum atomic E-state index is 14.3. The Morgan fingerprint density at radius 1 is 1.10 bits per heavy atom. The van der Waals surface area contributed by atoms with Gasteiger partial charge in [0.2, 0.25) is 11.8 Å². The molecular formula is C37H43F3N6O6. The second-order valence-electron chi connectivity index (χ2n) is 14.1. The van der Waals surface area contributed by atoms with Crippen LogP contribution in [0.25, 0.3) is 23.2 Å². The summed E-state index contributed by atoms with van der Waals surface area (Å²) >= 11 is 0. The van der Waals surface area contributed by atoms with Crippen molar-refractivity contribution < 1.29 is 42.2 Å². The lowest BCUT2D eigenvalue weighted by Gasteiger charge is -2.32. The van der Waals surface area contributed by atoms with Gasteiger partial charge < -0.3 is 25.4 Å². The molecule has 0 aliphatic carbocycles. The monoisotopic (exact) mass is 724 g/mol. The molecule has 3 amide bonds. The van der Waals surface area contributed by atoms with E-state index in [9.17, 15) is 37.5 Å². The van der Waals surface area contributed by atoms with Crippen molar-refractivity contribution >= 4 is 47.1 Å². The molecule has 12 nitrogen and oxygen atoms in total. The fraction of sp³-hybridized carbons (Fsp3) is 0.459. The second-order valence-corrected chi connectivity index (χ2v) is 14.1. The molecule has 3 N–H and O–H groups in total. The van der Waals surface area contributed by atoms with Crippen LogP contribution in [0.4, 0.5) is 18.0 Å². The van der Waals surface area contributed by atoms with Crippen molar-refractivity contribution in [2.75, 3.05) is 6.54 Å². The van der Waals surface area contributed by atoms with E-state index in [1.807, 2.05) is 6.07 Å². The van der Waals surface area contributed by atoms with E-state index in [2.05, 4.69) is 20.8 Å². The number of aromatic nitrogens is 3. The summed E-state index contributed by atoms with van der Waals surface area (Å²) in [5.74, 6) is -2.62. The van der Waals surface area contributed by atoms with Crippen LogP contribution in [0.2, 0.25) is 0 Å². The quantitative estimate of drug-likeness (QED) is 0.203. The van der Waals surface area contributed by atoms with Crippen LogP contribution in [0.1, 0.15) is 89.0 Å². The summed E-state index contributed by atoms with van der Waals surface area (Å²) in [6.07, 6.45) is 2.50. The van der Waals surface area contributed by atoms with Crippen LogP contribution in [0.3, 0.4) is 0 Å². The zero-order valence-corrected chi connectivity index (χ0v) is 29.4. The lowest BCUT2D eigenvalue weighted by molar-refractivity contribution is -0.147. The molecule has 0 unspecified atom stereocenters. The van der Waals surface area contributed by atoms with E-state index >= 15 is 0 Å². The minimum absolute atomic E-state index is 0.0183. The molecule has 15 heteroatoms. The SMILES string of the molecule is CC[C@]1(C(=O)O)/C=C\CCCC[C@H](NC(=O)OC(C)(C)C)C(=O)N2C[C@H](n3nc4cc(C(F)(F)F)cc(/C=C/c5ccccc5)c4n3)C[C@H]2C(=O)N1. The largest absolute Gasteiger partial charge is 0.479 e. The fourth-order valence-corrected chi connectivity index (χ4v) is 6.37. The van der Waals surface area contributed by atoms with Crippen molar-refractivity contribution in [3.63, 3.8) is 0 Å². The summed E-state index contributed by atoms with van der Waals surface area (Å²) in [6.45, 7) is 6.52. The molecule has 2 aliphatic heterocycles. The number of carbonyl (C=O) groups excluding carboxylic acids is 3. The predicted molar refractivity (Wildman–Crippen MR) is 187 cm³/mol. The number of carboxylic acids is 1. The molecule has 4 atom stereocenters. The highest BCUT2D eigenvalue weighted by molar-refractivity contribution is 5.95. The van der Waals surface area contributed by atoms with Gasteiger partial charge in [0.1, 0.15) is 28.7 Å². The van der Waals surface area contributed by atoms with E-state index in [1.165, 1.54) is 21.8 Å². The number of ether oxygens (including phenoxy) is 1. The number of nitrogens with one attached hydrogen (secondary N) is 2. The topological polar surface area (TPSA) is 156 Å². The first-order chi connectivity index (χ1) is 24.5. The van der Waals surface area contributed by atoms with Gasteiger partial charge in [0.25, 0.3) is 0 Å². The van der Waals surface area contributed by atoms with E-state index in [-0.39, 0.29) is 42.4 Å². The maximum Gasteiger partial charge on any atom is 0.416 e. The zero-order chi connectivity index (χ0) is 37.8. The smallest absolute Gasteiger partial charge is 0.416 e. The number of amides is 3. The summed E-state index contributed by atoms with van der Waals surface area (Å²) in [5.41, 5.74) is -2.46. The van der Waals surface area contributed by atoms with Crippen LogP contribution < -0.4 is 10.6 Å². The highest BCUT2D eigenvalue weighted by Gasteiger charge is 2.47. The maximum absolute atomic E-state index is 14.3. The third-order valence-electron chi connectivity index (χ3n) is 9.10. The van der Waals surface area contributed by atoms with Crippen LogP contribution >= 0.6 is 0 Å². The van der Waals surface area contributed by atoms with E-state index in [1.54, 1.807) is 64.1 Å². The molecule has 278 valence electrons. The predicted octanol–water partition coefficient (Wildman–Crippen LogP) is 6.14. The molecule has 5 rings (SSSR count). The van der Waals surface area contributed by atoms with Crippen LogP contribution in [0.5, 0.6) is 0 Å². The first-order valence-electron chi connectivity index (χ1n) is 17.2. The van der Waals surface area contributed by atoms with Crippen molar-refractivity contribution in [1.82, 2.24) is 30.5 Å². The zero-order valence-electron chi connectivity index (χ0n) is 29.4. The lowest BCUT2D eigenvalue weighted by atomic mass is 9.94. The molecule has 1 saturated heterocycles. The number of hydrogen-bond donors (Lipinski definition) is 3. The minimum Gasteiger partial charge on any atom is -0.479 e. The normalized spacial score (nSPS) is 24.1. The molecule has 0 spiro atoms. The summed E-state index contributed by atoms with van der Waals surface area (Å²) in [5, 5.41) is 24.5. The van der Waals surface area contributed by atoms with Gasteiger partial charge in [0, 0.05) is 18.5 Å². The first kappa shape index (κ1) is 38.0. The summed E-state index contributed by atoms with van der Waals surface area (Å²) < 4.78 is 47.4. The molecule has 2 aromatic carbocycles. The molecule has 52 heavy (non-hydrogen) atoms. The number of fused-ring (bicyclic) bond motifs is 2. The van der Waals surface area contributed by atoms with Crippen LogP contribution in [-0.4, -0.2) is 78.6 Å². The molecule has 0 saturated carbocycles. The average molecular weight is 725 g/mol. The number of benzene rings is 2. The van der Waals surface area contributed by atoms with Crippen molar-refractivity contribution in [2.24, 2.45) is 0 Å². The molecule has 0 radical (unpaired) electrons. The molecule has 1 fully saturated rings. The number of carbonyl (C=O) groups is 4. The van der Waals surface area contributed by atoms with Gasteiger partial charge in [0.05, 0.1) is 11.6 Å². The molecule has 3 aromatic rings. The van der Waals surface area contributed by atoms with Crippen molar-refractivity contribution in [2.45, 2.75) is 102 Å². The van der Waals surface area contributed by atoms with E-state index in [0.29, 0.717) is 19.3 Å². The minimum atomic E-state index is -4.67. The number of aliphatic carboxylic acids is 1. The second kappa shape index (κ2) is 15.2. The van der Waals surface area contributed by atoms with E-state index in [4.69, 9.17) is 4.74 Å². The van der Waals surface area contributed by atoms with Crippen LogP contribution in [0.15, 0.2) is 54.6 Å². The number of hydrogen-bond acceptors (Lipinski definition) is 7. The van der Waals surface area contributed by atoms with E-state index < -0.39 is 64.9 Å². The number of alkyl carbamates (subject to hydrolysis) is 1. The van der Waals surface area contributed by atoms with Crippen molar-refractivity contribution in [3.05, 3.63) is 71.3 Å². The first-order valence-corrected chi connectivity index (χ1v) is 17.2. The molecular weight excluding hydrogens is 681 g/mol. The molecule has 0 bridgehead atoms.